The molecule has 3 heteroatoms. The summed E-state index contributed by atoms with van der Waals surface area (Å²) in [7, 11) is 0. The smallest absolute Gasteiger partial charge is 0.150 e. The second kappa shape index (κ2) is 9.32. The van der Waals surface area contributed by atoms with E-state index in [1.54, 1.807) is 0 Å². The summed E-state index contributed by atoms with van der Waals surface area (Å²) in [6.07, 6.45) is 5.72. The van der Waals surface area contributed by atoms with Gasteiger partial charge in [-0.2, -0.15) is 0 Å². The van der Waals surface area contributed by atoms with Crippen LogP contribution >= 0.6 is 0 Å². The third-order valence-corrected chi connectivity index (χ3v) is 6.49. The Bertz CT molecular complexity index is 1290. The van der Waals surface area contributed by atoms with Crippen LogP contribution in [0.25, 0.3) is 11.3 Å². The van der Waals surface area contributed by atoms with Gasteiger partial charge in [-0.05, 0) is 28.7 Å². The van der Waals surface area contributed by atoms with Crippen LogP contribution in [0.2, 0.25) is 0 Å². The minimum atomic E-state index is -0.627. The van der Waals surface area contributed by atoms with Gasteiger partial charge in [-0.1, -0.05) is 116 Å². The summed E-state index contributed by atoms with van der Waals surface area (Å²) in [5.74, 6) is 0. The molecule has 4 aromatic carbocycles. The summed E-state index contributed by atoms with van der Waals surface area (Å²) in [6, 6.07) is 37.4. The molecule has 0 atom stereocenters. The van der Waals surface area contributed by atoms with Crippen LogP contribution in [0.5, 0.6) is 0 Å². The van der Waals surface area contributed by atoms with Gasteiger partial charge in [0, 0.05) is 17.3 Å². The molecule has 34 heavy (non-hydrogen) atoms. The molecule has 166 valence electrons. The molecule has 0 bridgehead atoms. The lowest BCUT2D eigenvalue weighted by Gasteiger charge is -2.37. The van der Waals surface area contributed by atoms with Crippen LogP contribution in [0.3, 0.4) is 0 Å². The molecule has 0 aliphatic carbocycles. The number of benzene rings is 4. The first-order valence-electron chi connectivity index (χ1n) is 11.6. The highest BCUT2D eigenvalue weighted by Gasteiger charge is 2.38. The predicted molar refractivity (Wildman–Crippen MR) is 137 cm³/mol. The van der Waals surface area contributed by atoms with Crippen LogP contribution < -0.4 is 0 Å². The number of aromatic nitrogens is 2. The zero-order chi connectivity index (χ0) is 23.4. The lowest BCUT2D eigenvalue weighted by molar-refractivity contribution is 0.112. The Labute approximate surface area is 200 Å². The summed E-state index contributed by atoms with van der Waals surface area (Å²) in [5.41, 5.74) is 6.25. The Morgan fingerprint density at radius 3 is 1.74 bits per heavy atom. The summed E-state index contributed by atoms with van der Waals surface area (Å²) in [4.78, 5) is 16.8. The number of rotatable bonds is 7. The molecular weight excluding hydrogens is 416 g/mol. The topological polar surface area (TPSA) is 34.9 Å². The number of nitrogens with zero attached hydrogens (tertiary/aromatic N) is 2. The van der Waals surface area contributed by atoms with Gasteiger partial charge in [0.05, 0.1) is 12.0 Å². The summed E-state index contributed by atoms with van der Waals surface area (Å²) < 4.78 is 2.18. The van der Waals surface area contributed by atoms with Gasteiger partial charge in [-0.25, -0.2) is 4.98 Å². The summed E-state index contributed by atoms with van der Waals surface area (Å²) >= 11 is 0. The molecule has 5 rings (SSSR count). The Hall–Kier alpha value is -4.24. The molecule has 0 N–H and O–H groups in total. The fourth-order valence-electron chi connectivity index (χ4n) is 4.95. The van der Waals surface area contributed by atoms with E-state index < -0.39 is 5.54 Å². The number of carbonyl (C=O) groups excluding carboxylic acids is 1. The first-order chi connectivity index (χ1) is 16.8. The van der Waals surface area contributed by atoms with Crippen molar-refractivity contribution >= 4 is 6.29 Å². The molecule has 0 amide bonds. The maximum atomic E-state index is 11.9. The Morgan fingerprint density at radius 2 is 1.26 bits per heavy atom. The van der Waals surface area contributed by atoms with E-state index in [2.05, 4.69) is 96.6 Å². The molecule has 0 aliphatic rings. The van der Waals surface area contributed by atoms with Crippen LogP contribution in [0.1, 0.15) is 39.5 Å². The Balaban J connectivity index is 1.83. The SMILES string of the molecule is CCc1cccc(C=O)c1-c1cn(C(c2ccccc2)(c2ccccc2)c2ccccc2)cn1. The van der Waals surface area contributed by atoms with Crippen molar-refractivity contribution in [1.82, 2.24) is 9.55 Å². The molecular formula is C31H26N2O. The van der Waals surface area contributed by atoms with Gasteiger partial charge in [0.2, 0.25) is 0 Å². The van der Waals surface area contributed by atoms with Gasteiger partial charge in [0.1, 0.15) is 5.54 Å². The van der Waals surface area contributed by atoms with E-state index >= 15 is 0 Å². The maximum absolute atomic E-state index is 11.9. The first kappa shape index (κ1) is 21.6. The average molecular weight is 443 g/mol. The van der Waals surface area contributed by atoms with Crippen molar-refractivity contribution in [1.29, 1.82) is 0 Å². The molecule has 5 aromatic rings. The van der Waals surface area contributed by atoms with Crippen molar-refractivity contribution in [2.24, 2.45) is 0 Å². The minimum absolute atomic E-state index is 0.627. The van der Waals surface area contributed by atoms with E-state index in [0.29, 0.717) is 5.56 Å². The highest BCUT2D eigenvalue weighted by atomic mass is 16.1. The van der Waals surface area contributed by atoms with Gasteiger partial charge in [-0.15, -0.1) is 0 Å². The van der Waals surface area contributed by atoms with Crippen molar-refractivity contribution in [2.75, 3.05) is 0 Å². The molecule has 0 fully saturated rings. The van der Waals surface area contributed by atoms with E-state index in [1.165, 1.54) is 0 Å². The quantitative estimate of drug-likeness (QED) is 0.206. The molecule has 0 saturated carbocycles. The second-order valence-electron chi connectivity index (χ2n) is 8.33. The number of aldehydes is 1. The standard InChI is InChI=1S/C31H26N2O/c1-2-24-13-12-14-25(22-34)30(24)29-21-33(23-32-29)31(26-15-6-3-7-16-26,27-17-8-4-9-18-27)28-19-10-5-11-20-28/h3-23H,2H2,1H3. The van der Waals surface area contributed by atoms with Gasteiger partial charge in [0.25, 0.3) is 0 Å². The Morgan fingerprint density at radius 1 is 0.735 bits per heavy atom. The first-order valence-corrected chi connectivity index (χ1v) is 11.6. The molecule has 0 spiro atoms. The maximum Gasteiger partial charge on any atom is 0.150 e. The fraction of sp³-hybridized carbons (Fsp3) is 0.0968. The van der Waals surface area contributed by atoms with Crippen LogP contribution in [0, 0.1) is 0 Å². The summed E-state index contributed by atoms with van der Waals surface area (Å²) in [5, 5.41) is 0. The molecule has 0 unspecified atom stereocenters. The number of hydrogen-bond donors (Lipinski definition) is 0. The van der Waals surface area contributed by atoms with Gasteiger partial charge < -0.3 is 4.57 Å². The molecule has 0 radical (unpaired) electrons. The lowest BCUT2D eigenvalue weighted by atomic mass is 9.76. The highest BCUT2D eigenvalue weighted by molar-refractivity contribution is 5.88. The van der Waals surface area contributed by atoms with Gasteiger partial charge in [-0.3, -0.25) is 4.79 Å². The van der Waals surface area contributed by atoms with Crippen molar-refractivity contribution in [3.63, 3.8) is 0 Å². The number of aryl methyl sites for hydroxylation is 1. The molecule has 1 aromatic heterocycles. The predicted octanol–water partition coefficient (Wildman–Crippen LogP) is 6.77. The van der Waals surface area contributed by atoms with Crippen molar-refractivity contribution in [2.45, 2.75) is 18.9 Å². The molecule has 1 heterocycles. The third kappa shape index (κ3) is 3.56. The number of hydrogen-bond acceptors (Lipinski definition) is 2. The monoisotopic (exact) mass is 442 g/mol. The second-order valence-corrected chi connectivity index (χ2v) is 8.33. The third-order valence-electron chi connectivity index (χ3n) is 6.49. The lowest BCUT2D eigenvalue weighted by Crippen LogP contribution is -2.36. The molecule has 0 aliphatic heterocycles. The van der Waals surface area contributed by atoms with Crippen molar-refractivity contribution < 1.29 is 4.79 Å². The van der Waals surface area contributed by atoms with E-state index in [9.17, 15) is 4.79 Å². The zero-order valence-electron chi connectivity index (χ0n) is 19.1. The average Bonchev–Trinajstić information content (AvgIpc) is 3.40. The van der Waals surface area contributed by atoms with E-state index in [0.717, 1.165) is 46.2 Å². The van der Waals surface area contributed by atoms with Crippen LogP contribution in [0.4, 0.5) is 0 Å². The fourth-order valence-corrected chi connectivity index (χ4v) is 4.95. The highest BCUT2D eigenvalue weighted by Crippen LogP contribution is 2.41. The van der Waals surface area contributed by atoms with Crippen molar-refractivity contribution in [3.05, 3.63) is 150 Å². The molecule has 3 nitrogen and oxygen atoms in total. The number of imidazole rings is 1. The van der Waals surface area contributed by atoms with Crippen LogP contribution in [-0.4, -0.2) is 15.8 Å². The summed E-state index contributed by atoms with van der Waals surface area (Å²) in [6.45, 7) is 2.10. The van der Waals surface area contributed by atoms with Crippen LogP contribution in [-0.2, 0) is 12.0 Å². The van der Waals surface area contributed by atoms with Gasteiger partial charge >= 0.3 is 0 Å². The van der Waals surface area contributed by atoms with Crippen LogP contribution in [0.15, 0.2) is 122 Å². The number of carbonyl (C=O) groups is 1. The normalized spacial score (nSPS) is 11.3. The van der Waals surface area contributed by atoms with E-state index in [4.69, 9.17) is 4.98 Å². The van der Waals surface area contributed by atoms with Gasteiger partial charge in [0.15, 0.2) is 6.29 Å². The minimum Gasteiger partial charge on any atom is -0.318 e. The largest absolute Gasteiger partial charge is 0.318 e. The molecule has 0 saturated heterocycles. The zero-order valence-corrected chi connectivity index (χ0v) is 19.1. The van der Waals surface area contributed by atoms with E-state index in [-0.39, 0.29) is 0 Å². The Kier molecular flexibility index (Phi) is 5.92. The van der Waals surface area contributed by atoms with Crippen molar-refractivity contribution in [3.8, 4) is 11.3 Å². The van der Waals surface area contributed by atoms with E-state index in [1.807, 2.05) is 36.7 Å².